The van der Waals surface area contributed by atoms with Gasteiger partial charge >= 0.3 is 0 Å². The van der Waals surface area contributed by atoms with Gasteiger partial charge in [0.1, 0.15) is 0 Å². The molecule has 0 fully saturated rings. The van der Waals surface area contributed by atoms with Crippen LogP contribution in [0.1, 0.15) is 44.5 Å². The van der Waals surface area contributed by atoms with Gasteiger partial charge in [-0.2, -0.15) is 0 Å². The molecule has 340 valence electrons. The maximum absolute atomic E-state index is 2.40. The van der Waals surface area contributed by atoms with E-state index in [0.29, 0.717) is 0 Å². The zero-order valence-electron chi connectivity index (χ0n) is 39.8. The third kappa shape index (κ3) is 6.79. The number of hydrogen-bond donors (Lipinski definition) is 0. The molecule has 1 aliphatic carbocycles. The van der Waals surface area contributed by atoms with Crippen LogP contribution in [0.3, 0.4) is 0 Å². The van der Waals surface area contributed by atoms with Crippen LogP contribution in [-0.2, 0) is 10.8 Å². The highest BCUT2D eigenvalue weighted by Gasteiger charge is 2.53. The summed E-state index contributed by atoms with van der Waals surface area (Å²) in [5.74, 6) is 0. The Bertz CT molecular complexity index is 3580. The van der Waals surface area contributed by atoms with E-state index in [4.69, 9.17) is 0 Å². The van der Waals surface area contributed by atoms with Crippen LogP contribution in [0.15, 0.2) is 303 Å². The summed E-state index contributed by atoms with van der Waals surface area (Å²) >= 11 is 0. The molecule has 0 aliphatic heterocycles. The highest BCUT2D eigenvalue weighted by Crippen LogP contribution is 2.60. The molecule has 0 radical (unpaired) electrons. The summed E-state index contributed by atoms with van der Waals surface area (Å²) in [7, 11) is 0. The predicted octanol–water partition coefficient (Wildman–Crippen LogP) is 18.0. The number of anilines is 6. The van der Waals surface area contributed by atoms with E-state index >= 15 is 0 Å². The summed E-state index contributed by atoms with van der Waals surface area (Å²) in [6, 6.07) is 112. The molecular formula is C70H50N2. The van der Waals surface area contributed by atoms with Crippen molar-refractivity contribution in [2.24, 2.45) is 0 Å². The van der Waals surface area contributed by atoms with Gasteiger partial charge in [0.25, 0.3) is 0 Å². The Balaban J connectivity index is 1.08. The fourth-order valence-electron chi connectivity index (χ4n) is 12.1. The lowest BCUT2D eigenvalue weighted by Gasteiger charge is -2.51. The van der Waals surface area contributed by atoms with Gasteiger partial charge in [-0.15, -0.1) is 0 Å². The average Bonchev–Trinajstić information content (AvgIpc) is 3.46. The van der Waals surface area contributed by atoms with Crippen LogP contribution in [0, 0.1) is 0 Å². The van der Waals surface area contributed by atoms with Gasteiger partial charge in [-0.05, 0) is 116 Å². The molecule has 72 heavy (non-hydrogen) atoms. The van der Waals surface area contributed by atoms with E-state index in [-0.39, 0.29) is 0 Å². The van der Waals surface area contributed by atoms with Crippen molar-refractivity contribution >= 4 is 55.7 Å². The molecule has 2 heteroatoms. The van der Waals surface area contributed by atoms with E-state index in [1.807, 2.05) is 0 Å². The molecule has 0 saturated heterocycles. The molecular weight excluding hydrogens is 869 g/mol. The molecule has 0 aromatic heterocycles. The standard InChI is InChI=1S/C70H50N2/c1-5-27-53(28-6-1)69(54-29-7-2-8-30-54)63-37-17-19-39-65(63)70(66-40-20-18-38-64(66)69,55-43-47-59(48-44-55)71(57-31-9-3-10-32-57)67-41-21-25-51-23-13-15-35-61(51)67)56-45-49-60(50-46-56)72(58-33-11-4-12-34-58)68-42-22-26-52-24-14-16-36-62(52)68/h1-50H. The van der Waals surface area contributed by atoms with E-state index in [1.54, 1.807) is 0 Å². The lowest BCUT2D eigenvalue weighted by molar-refractivity contribution is 0.615. The average molecular weight is 919 g/mol. The van der Waals surface area contributed by atoms with E-state index in [9.17, 15) is 0 Å². The topological polar surface area (TPSA) is 6.48 Å². The molecule has 0 saturated carbocycles. The minimum atomic E-state index is -0.745. The van der Waals surface area contributed by atoms with Crippen LogP contribution in [0.2, 0.25) is 0 Å². The second kappa shape index (κ2) is 17.9. The number of fused-ring (bicyclic) bond motifs is 4. The molecule has 12 aromatic rings. The van der Waals surface area contributed by atoms with Gasteiger partial charge in [0.2, 0.25) is 0 Å². The van der Waals surface area contributed by atoms with E-state index in [1.165, 1.54) is 66.1 Å². The normalized spacial score (nSPS) is 13.2. The Morgan fingerprint density at radius 2 is 0.458 bits per heavy atom. The molecule has 0 bridgehead atoms. The Kier molecular flexibility index (Phi) is 10.7. The largest absolute Gasteiger partial charge is 0.310 e. The Morgan fingerprint density at radius 1 is 0.194 bits per heavy atom. The number of hydrogen-bond acceptors (Lipinski definition) is 2. The summed E-state index contributed by atoms with van der Waals surface area (Å²) in [6.45, 7) is 0. The number of rotatable bonds is 10. The summed E-state index contributed by atoms with van der Waals surface area (Å²) in [4.78, 5) is 4.80. The van der Waals surface area contributed by atoms with Crippen LogP contribution >= 0.6 is 0 Å². The first-order valence-corrected chi connectivity index (χ1v) is 24.9. The van der Waals surface area contributed by atoms with Gasteiger partial charge in [0, 0.05) is 33.5 Å². The van der Waals surface area contributed by atoms with Crippen molar-refractivity contribution in [3.8, 4) is 0 Å². The van der Waals surface area contributed by atoms with Crippen LogP contribution < -0.4 is 9.80 Å². The van der Waals surface area contributed by atoms with Gasteiger partial charge < -0.3 is 9.80 Å². The first-order chi connectivity index (χ1) is 35.7. The molecule has 0 atom stereocenters. The maximum Gasteiger partial charge on any atom is 0.0708 e. The van der Waals surface area contributed by atoms with Gasteiger partial charge in [-0.3, -0.25) is 0 Å². The summed E-state index contributed by atoms with van der Waals surface area (Å²) < 4.78 is 0. The zero-order valence-corrected chi connectivity index (χ0v) is 39.8. The van der Waals surface area contributed by atoms with Crippen LogP contribution in [0.4, 0.5) is 34.1 Å². The lowest BCUT2D eigenvalue weighted by Crippen LogP contribution is -2.45. The molecule has 0 amide bonds. The monoisotopic (exact) mass is 918 g/mol. The Labute approximate surface area is 422 Å². The molecule has 0 unspecified atom stereocenters. The van der Waals surface area contributed by atoms with Crippen molar-refractivity contribution < 1.29 is 0 Å². The molecule has 0 heterocycles. The molecule has 12 aromatic carbocycles. The van der Waals surface area contributed by atoms with E-state index in [2.05, 4.69) is 313 Å². The fraction of sp³-hybridized carbons (Fsp3) is 0.0286. The highest BCUT2D eigenvalue weighted by atomic mass is 15.1. The molecule has 0 spiro atoms. The quantitative estimate of drug-likeness (QED) is 0.135. The number of benzene rings is 12. The SMILES string of the molecule is c1ccc(N(c2ccc(C3(c4ccc(N(c5ccccc5)c5cccc6ccccc56)cc4)c4ccccc4C(c4ccccc4)(c4ccccc4)c4ccccc43)cc2)c2cccc3ccccc23)cc1. The van der Waals surface area contributed by atoms with Crippen molar-refractivity contribution in [1.29, 1.82) is 0 Å². The number of nitrogens with zero attached hydrogens (tertiary/aromatic N) is 2. The maximum atomic E-state index is 2.40. The second-order valence-electron chi connectivity index (χ2n) is 18.8. The zero-order chi connectivity index (χ0) is 47.9. The molecule has 2 nitrogen and oxygen atoms in total. The fourth-order valence-corrected chi connectivity index (χ4v) is 12.1. The summed E-state index contributed by atoms with van der Waals surface area (Å²) in [6.07, 6.45) is 0. The van der Waals surface area contributed by atoms with Gasteiger partial charge in [-0.1, -0.05) is 243 Å². The first-order valence-electron chi connectivity index (χ1n) is 24.9. The van der Waals surface area contributed by atoms with Crippen LogP contribution in [-0.4, -0.2) is 0 Å². The van der Waals surface area contributed by atoms with Gasteiger partial charge in [0.05, 0.1) is 22.2 Å². The predicted molar refractivity (Wildman–Crippen MR) is 301 cm³/mol. The summed E-state index contributed by atoms with van der Waals surface area (Å²) in [5, 5.41) is 4.81. The van der Waals surface area contributed by atoms with Crippen molar-refractivity contribution in [3.63, 3.8) is 0 Å². The lowest BCUT2D eigenvalue weighted by atomic mass is 9.50. The van der Waals surface area contributed by atoms with Gasteiger partial charge in [0.15, 0.2) is 0 Å². The molecule has 1 aliphatic rings. The van der Waals surface area contributed by atoms with E-state index < -0.39 is 10.8 Å². The first kappa shape index (κ1) is 42.8. The van der Waals surface area contributed by atoms with E-state index in [0.717, 1.165) is 34.1 Å². The smallest absolute Gasteiger partial charge is 0.0708 e. The van der Waals surface area contributed by atoms with Crippen LogP contribution in [0.5, 0.6) is 0 Å². The summed E-state index contributed by atoms with van der Waals surface area (Å²) in [5.41, 5.74) is 15.1. The molecule has 13 rings (SSSR count). The van der Waals surface area contributed by atoms with Crippen molar-refractivity contribution in [2.45, 2.75) is 10.8 Å². The highest BCUT2D eigenvalue weighted by molar-refractivity contribution is 6.00. The third-order valence-corrected chi connectivity index (χ3v) is 15.0. The molecule has 0 N–H and O–H groups in total. The minimum Gasteiger partial charge on any atom is -0.310 e. The van der Waals surface area contributed by atoms with Crippen molar-refractivity contribution in [3.05, 3.63) is 348 Å². The number of para-hydroxylation sites is 2. The Hall–Kier alpha value is -9.24. The van der Waals surface area contributed by atoms with Crippen molar-refractivity contribution in [2.75, 3.05) is 9.80 Å². The second-order valence-corrected chi connectivity index (χ2v) is 18.8. The Morgan fingerprint density at radius 3 is 0.819 bits per heavy atom. The minimum absolute atomic E-state index is 0.615. The van der Waals surface area contributed by atoms with Crippen molar-refractivity contribution in [1.82, 2.24) is 0 Å². The third-order valence-electron chi connectivity index (χ3n) is 15.0. The van der Waals surface area contributed by atoms with Crippen LogP contribution in [0.25, 0.3) is 21.5 Å². The van der Waals surface area contributed by atoms with Gasteiger partial charge in [-0.25, -0.2) is 0 Å².